The van der Waals surface area contributed by atoms with Crippen LogP contribution in [0.4, 0.5) is 4.79 Å². The smallest absolute Gasteiger partial charge is 0.338 e. The fraction of sp³-hybridized carbons (Fsp3) is 0.524. The van der Waals surface area contributed by atoms with Gasteiger partial charge < -0.3 is 24.8 Å². The maximum atomic E-state index is 13.1. The highest BCUT2D eigenvalue weighted by molar-refractivity contribution is 5.95. The van der Waals surface area contributed by atoms with Crippen molar-refractivity contribution >= 4 is 12.0 Å². The van der Waals surface area contributed by atoms with Crippen molar-refractivity contribution in [2.45, 2.75) is 51.7 Å². The first-order chi connectivity index (χ1) is 13.4. The summed E-state index contributed by atoms with van der Waals surface area (Å²) in [7, 11) is 3.11. The van der Waals surface area contributed by atoms with E-state index in [0.717, 1.165) is 19.3 Å². The quantitative estimate of drug-likeness (QED) is 0.755. The second-order valence-electron chi connectivity index (χ2n) is 7.48. The molecule has 2 amide bonds. The van der Waals surface area contributed by atoms with E-state index in [9.17, 15) is 9.59 Å². The number of hydrogen-bond donors (Lipinski definition) is 2. The van der Waals surface area contributed by atoms with Gasteiger partial charge in [0, 0.05) is 17.3 Å². The lowest BCUT2D eigenvalue weighted by molar-refractivity contribution is -0.146. The third kappa shape index (κ3) is 4.24. The molecule has 1 aromatic carbocycles. The molecule has 3 atom stereocenters. The predicted molar refractivity (Wildman–Crippen MR) is 104 cm³/mol. The fourth-order valence-electron chi connectivity index (χ4n) is 3.95. The van der Waals surface area contributed by atoms with E-state index >= 15 is 0 Å². The van der Waals surface area contributed by atoms with Crippen LogP contribution in [0.5, 0.6) is 11.5 Å². The standard InChI is InChI=1S/C21H28N2O5/c1-12-6-5-7-15(10-12)28-20(24)18-13(2)22-21(25)23-19(18)16-9-8-14(26-3)11-17(16)27-4/h8-9,11-12,15,19H,5-7,10H2,1-4H3,(H2,22,23,25)/t12-,15+,19+/m0/s1. The van der Waals surface area contributed by atoms with Crippen LogP contribution in [0.3, 0.4) is 0 Å². The van der Waals surface area contributed by atoms with Crippen LogP contribution in [0.15, 0.2) is 29.5 Å². The van der Waals surface area contributed by atoms with Crippen molar-refractivity contribution in [2.24, 2.45) is 5.92 Å². The van der Waals surface area contributed by atoms with Gasteiger partial charge in [-0.3, -0.25) is 0 Å². The number of methoxy groups -OCH3 is 2. The Balaban J connectivity index is 1.91. The maximum Gasteiger partial charge on any atom is 0.338 e. The summed E-state index contributed by atoms with van der Waals surface area (Å²) in [5.74, 6) is 1.29. The summed E-state index contributed by atoms with van der Waals surface area (Å²) in [6, 6.07) is 4.25. The highest BCUT2D eigenvalue weighted by Gasteiger charge is 2.35. The van der Waals surface area contributed by atoms with Gasteiger partial charge in [-0.05, 0) is 44.2 Å². The van der Waals surface area contributed by atoms with Gasteiger partial charge in [-0.15, -0.1) is 0 Å². The highest BCUT2D eigenvalue weighted by atomic mass is 16.5. The molecular weight excluding hydrogens is 360 g/mol. The normalized spacial score (nSPS) is 24.9. The number of carbonyl (C=O) groups is 2. The van der Waals surface area contributed by atoms with Gasteiger partial charge in [-0.2, -0.15) is 0 Å². The van der Waals surface area contributed by atoms with Crippen LogP contribution < -0.4 is 20.1 Å². The van der Waals surface area contributed by atoms with Gasteiger partial charge >= 0.3 is 12.0 Å². The summed E-state index contributed by atoms with van der Waals surface area (Å²) in [4.78, 5) is 25.2. The molecule has 1 saturated carbocycles. The van der Waals surface area contributed by atoms with Crippen LogP contribution in [0.25, 0.3) is 0 Å². The Morgan fingerprint density at radius 2 is 1.96 bits per heavy atom. The van der Waals surface area contributed by atoms with Crippen molar-refractivity contribution < 1.29 is 23.8 Å². The molecular formula is C21H28N2O5. The number of carbonyl (C=O) groups excluding carboxylic acids is 2. The number of nitrogens with one attached hydrogen (secondary N) is 2. The first-order valence-electron chi connectivity index (χ1n) is 9.64. The molecule has 28 heavy (non-hydrogen) atoms. The number of urea groups is 1. The molecule has 1 aliphatic carbocycles. The van der Waals surface area contributed by atoms with Crippen molar-refractivity contribution in [2.75, 3.05) is 14.2 Å². The minimum absolute atomic E-state index is 0.0902. The third-order valence-corrected chi connectivity index (χ3v) is 5.40. The van der Waals surface area contributed by atoms with Crippen molar-refractivity contribution in [1.29, 1.82) is 0 Å². The molecule has 1 heterocycles. The van der Waals surface area contributed by atoms with E-state index in [4.69, 9.17) is 14.2 Å². The summed E-state index contributed by atoms with van der Waals surface area (Å²) < 4.78 is 16.5. The Morgan fingerprint density at radius 1 is 1.18 bits per heavy atom. The molecule has 7 nitrogen and oxygen atoms in total. The number of esters is 1. The monoisotopic (exact) mass is 388 g/mol. The molecule has 1 aromatic rings. The molecule has 2 N–H and O–H groups in total. The Kier molecular flexibility index (Phi) is 6.11. The summed E-state index contributed by atoms with van der Waals surface area (Å²) in [5, 5.41) is 5.50. The Bertz CT molecular complexity index is 789. The zero-order valence-electron chi connectivity index (χ0n) is 16.8. The first kappa shape index (κ1) is 20.0. The molecule has 3 rings (SSSR count). The molecule has 0 bridgehead atoms. The van der Waals surface area contributed by atoms with Crippen LogP contribution in [0, 0.1) is 5.92 Å². The molecule has 0 radical (unpaired) electrons. The van der Waals surface area contributed by atoms with E-state index in [0.29, 0.717) is 34.3 Å². The Hall–Kier alpha value is -2.70. The van der Waals surface area contributed by atoms with Crippen molar-refractivity contribution in [3.8, 4) is 11.5 Å². The van der Waals surface area contributed by atoms with Gasteiger partial charge in [0.05, 0.1) is 25.8 Å². The van der Waals surface area contributed by atoms with Crippen molar-refractivity contribution in [3.63, 3.8) is 0 Å². The average Bonchev–Trinajstić information content (AvgIpc) is 2.66. The lowest BCUT2D eigenvalue weighted by Gasteiger charge is -2.31. The summed E-state index contributed by atoms with van der Waals surface area (Å²) in [6.07, 6.45) is 3.88. The van der Waals surface area contributed by atoms with Crippen LogP contribution in [0.2, 0.25) is 0 Å². The van der Waals surface area contributed by atoms with Gasteiger partial charge in [0.15, 0.2) is 0 Å². The first-order valence-corrected chi connectivity index (χ1v) is 9.64. The van der Waals surface area contributed by atoms with Crippen LogP contribution >= 0.6 is 0 Å². The lowest BCUT2D eigenvalue weighted by Crippen LogP contribution is -2.45. The largest absolute Gasteiger partial charge is 0.497 e. The van der Waals surface area contributed by atoms with E-state index in [-0.39, 0.29) is 12.1 Å². The average molecular weight is 388 g/mol. The summed E-state index contributed by atoms with van der Waals surface area (Å²) in [5.41, 5.74) is 1.54. The van der Waals surface area contributed by atoms with E-state index in [1.807, 2.05) is 0 Å². The van der Waals surface area contributed by atoms with Gasteiger partial charge in [0.1, 0.15) is 17.6 Å². The number of benzene rings is 1. The van der Waals surface area contributed by atoms with Crippen molar-refractivity contribution in [1.82, 2.24) is 10.6 Å². The van der Waals surface area contributed by atoms with Gasteiger partial charge in [0.2, 0.25) is 0 Å². The number of ether oxygens (including phenoxy) is 3. The summed E-state index contributed by atoms with van der Waals surface area (Å²) in [6.45, 7) is 3.89. The van der Waals surface area contributed by atoms with Crippen LogP contribution in [-0.4, -0.2) is 32.3 Å². The van der Waals surface area contributed by atoms with E-state index < -0.39 is 12.0 Å². The van der Waals surface area contributed by atoms with E-state index in [2.05, 4.69) is 17.6 Å². The second-order valence-corrected chi connectivity index (χ2v) is 7.48. The minimum atomic E-state index is -0.664. The van der Waals surface area contributed by atoms with Gasteiger partial charge in [0.25, 0.3) is 0 Å². The number of amides is 2. The SMILES string of the molecule is COc1ccc([C@H]2NC(=O)NC(C)=C2C(=O)O[C@@H]2CCC[C@H](C)C2)c(OC)c1. The minimum Gasteiger partial charge on any atom is -0.497 e. The second kappa shape index (κ2) is 8.54. The number of hydrogen-bond acceptors (Lipinski definition) is 5. The lowest BCUT2D eigenvalue weighted by atomic mass is 9.88. The van der Waals surface area contributed by atoms with Crippen molar-refractivity contribution in [3.05, 3.63) is 35.0 Å². The number of rotatable bonds is 5. The topological polar surface area (TPSA) is 85.9 Å². The molecule has 1 aliphatic heterocycles. The molecule has 0 saturated heterocycles. The molecule has 2 aliphatic rings. The molecule has 0 spiro atoms. The molecule has 0 aromatic heterocycles. The maximum absolute atomic E-state index is 13.1. The summed E-state index contributed by atoms with van der Waals surface area (Å²) >= 11 is 0. The van der Waals surface area contributed by atoms with Gasteiger partial charge in [-0.25, -0.2) is 9.59 Å². The highest BCUT2D eigenvalue weighted by Crippen LogP contribution is 2.36. The zero-order chi connectivity index (χ0) is 20.3. The Labute approximate surface area is 165 Å². The molecule has 0 unspecified atom stereocenters. The van der Waals surface area contributed by atoms with Gasteiger partial charge in [-0.1, -0.05) is 13.3 Å². The molecule has 1 fully saturated rings. The van der Waals surface area contributed by atoms with E-state index in [1.54, 1.807) is 39.3 Å². The third-order valence-electron chi connectivity index (χ3n) is 5.40. The molecule has 152 valence electrons. The fourth-order valence-corrected chi connectivity index (χ4v) is 3.95. The Morgan fingerprint density at radius 3 is 2.64 bits per heavy atom. The van der Waals surface area contributed by atoms with Crippen LogP contribution in [-0.2, 0) is 9.53 Å². The van der Waals surface area contributed by atoms with E-state index in [1.165, 1.54) is 6.42 Å². The molecule has 7 heteroatoms. The van der Waals surface area contributed by atoms with Crippen LogP contribution in [0.1, 0.15) is 51.1 Å². The predicted octanol–water partition coefficient (Wildman–Crippen LogP) is 3.45. The zero-order valence-corrected chi connectivity index (χ0v) is 16.8. The number of allylic oxidation sites excluding steroid dienone is 1.